The molecule has 0 heterocycles. The van der Waals surface area contributed by atoms with Crippen LogP contribution in [0.5, 0.6) is 0 Å². The molecular formula is C14H15FN2O2S. The predicted octanol–water partition coefficient (Wildman–Crippen LogP) is 2.83. The number of halogens is 1. The number of hydrogen-bond acceptors (Lipinski definition) is 3. The van der Waals surface area contributed by atoms with Gasteiger partial charge in [-0.3, -0.25) is 4.72 Å². The zero-order valence-corrected chi connectivity index (χ0v) is 12.0. The third-order valence-corrected chi connectivity index (χ3v) is 4.39. The van der Waals surface area contributed by atoms with Gasteiger partial charge >= 0.3 is 0 Å². The largest absolute Gasteiger partial charge is 0.398 e. The number of rotatable bonds is 3. The predicted molar refractivity (Wildman–Crippen MR) is 77.5 cm³/mol. The molecule has 0 aliphatic rings. The fraction of sp³-hybridized carbons (Fsp3) is 0.143. The molecule has 0 saturated carbocycles. The number of aryl methyl sites for hydroxylation is 2. The number of sulfonamides is 1. The first kappa shape index (κ1) is 14.3. The Morgan fingerprint density at radius 2 is 1.70 bits per heavy atom. The summed E-state index contributed by atoms with van der Waals surface area (Å²) >= 11 is 0. The van der Waals surface area contributed by atoms with Crippen LogP contribution in [-0.2, 0) is 10.0 Å². The van der Waals surface area contributed by atoms with Crippen LogP contribution >= 0.6 is 0 Å². The summed E-state index contributed by atoms with van der Waals surface area (Å²) in [5, 5.41) is 0. The van der Waals surface area contributed by atoms with Crippen molar-refractivity contribution in [3.63, 3.8) is 0 Å². The highest BCUT2D eigenvalue weighted by molar-refractivity contribution is 7.92. The van der Waals surface area contributed by atoms with E-state index in [2.05, 4.69) is 4.72 Å². The Balaban J connectivity index is 2.49. The first-order chi connectivity index (χ1) is 9.31. The molecule has 2 rings (SSSR count). The number of nitrogens with one attached hydrogen (secondary N) is 1. The summed E-state index contributed by atoms with van der Waals surface area (Å²) in [6.45, 7) is 3.58. The second-order valence-electron chi connectivity index (χ2n) is 4.55. The Kier molecular flexibility index (Phi) is 3.67. The molecule has 0 atom stereocenters. The van der Waals surface area contributed by atoms with Gasteiger partial charge in [0.25, 0.3) is 10.0 Å². The smallest absolute Gasteiger partial charge is 0.264 e. The highest BCUT2D eigenvalue weighted by Gasteiger charge is 2.20. The highest BCUT2D eigenvalue weighted by atomic mass is 32.2. The summed E-state index contributed by atoms with van der Waals surface area (Å²) in [4.78, 5) is -0.264. The first-order valence-corrected chi connectivity index (χ1v) is 7.43. The molecule has 0 aliphatic heterocycles. The molecule has 2 aromatic carbocycles. The quantitative estimate of drug-likeness (QED) is 0.855. The van der Waals surface area contributed by atoms with E-state index in [0.29, 0.717) is 5.69 Å². The van der Waals surface area contributed by atoms with Crippen molar-refractivity contribution in [2.75, 3.05) is 10.5 Å². The third kappa shape index (κ3) is 2.75. The minimum Gasteiger partial charge on any atom is -0.398 e. The number of nitrogen functional groups attached to an aromatic ring is 1. The number of anilines is 2. The lowest BCUT2D eigenvalue weighted by Crippen LogP contribution is -2.16. The van der Waals surface area contributed by atoms with E-state index < -0.39 is 15.8 Å². The fourth-order valence-electron chi connectivity index (χ4n) is 1.91. The highest BCUT2D eigenvalue weighted by Crippen LogP contribution is 2.26. The molecule has 2 aromatic rings. The van der Waals surface area contributed by atoms with Gasteiger partial charge < -0.3 is 5.73 Å². The van der Waals surface area contributed by atoms with Crippen LogP contribution in [0.1, 0.15) is 11.1 Å². The molecule has 0 radical (unpaired) electrons. The Morgan fingerprint density at radius 3 is 2.30 bits per heavy atom. The van der Waals surface area contributed by atoms with Crippen molar-refractivity contribution in [2.45, 2.75) is 18.7 Å². The van der Waals surface area contributed by atoms with Crippen molar-refractivity contribution in [2.24, 2.45) is 0 Å². The lowest BCUT2D eigenvalue weighted by molar-refractivity contribution is 0.596. The van der Waals surface area contributed by atoms with Crippen LogP contribution in [0.4, 0.5) is 15.8 Å². The van der Waals surface area contributed by atoms with Crippen LogP contribution in [-0.4, -0.2) is 8.42 Å². The van der Waals surface area contributed by atoms with Crippen LogP contribution in [0.3, 0.4) is 0 Å². The standard InChI is InChI=1S/C14H15FN2O2S/c1-9-4-3-5-10(2)14(9)17-20(18,19)13-8-11(15)6-7-12(13)16/h3-8,17H,16H2,1-2H3. The maximum absolute atomic E-state index is 13.2. The summed E-state index contributed by atoms with van der Waals surface area (Å²) in [5.74, 6) is -0.652. The molecule has 0 aromatic heterocycles. The van der Waals surface area contributed by atoms with Crippen molar-refractivity contribution in [3.05, 3.63) is 53.3 Å². The van der Waals surface area contributed by atoms with Crippen LogP contribution in [0.25, 0.3) is 0 Å². The van der Waals surface area contributed by atoms with Gasteiger partial charge in [-0.1, -0.05) is 18.2 Å². The Morgan fingerprint density at radius 1 is 1.10 bits per heavy atom. The van der Waals surface area contributed by atoms with Crippen molar-refractivity contribution in [1.82, 2.24) is 0 Å². The van der Waals surface area contributed by atoms with Crippen LogP contribution in [0.15, 0.2) is 41.3 Å². The molecule has 0 bridgehead atoms. The van der Waals surface area contributed by atoms with E-state index in [1.54, 1.807) is 26.0 Å². The molecule has 4 nitrogen and oxygen atoms in total. The van der Waals surface area contributed by atoms with Crippen LogP contribution < -0.4 is 10.5 Å². The van der Waals surface area contributed by atoms with Crippen molar-refractivity contribution in [3.8, 4) is 0 Å². The van der Waals surface area contributed by atoms with Gasteiger partial charge in [0.15, 0.2) is 0 Å². The Hall–Kier alpha value is -2.08. The molecule has 0 unspecified atom stereocenters. The Bertz CT molecular complexity index is 738. The molecule has 0 aliphatic carbocycles. The second kappa shape index (κ2) is 5.13. The van der Waals surface area contributed by atoms with Crippen LogP contribution in [0, 0.1) is 19.7 Å². The van der Waals surface area contributed by atoms with Gasteiger partial charge in [0.1, 0.15) is 10.7 Å². The van der Waals surface area contributed by atoms with Crippen LogP contribution in [0.2, 0.25) is 0 Å². The average molecular weight is 294 g/mol. The van der Waals surface area contributed by atoms with E-state index in [0.717, 1.165) is 23.3 Å². The molecule has 0 saturated heterocycles. The summed E-state index contributed by atoms with van der Waals surface area (Å²) in [6.07, 6.45) is 0. The molecule has 0 spiro atoms. The zero-order chi connectivity index (χ0) is 14.9. The van der Waals surface area contributed by atoms with Crippen molar-refractivity contribution in [1.29, 1.82) is 0 Å². The normalized spacial score (nSPS) is 11.3. The van der Waals surface area contributed by atoms with Crippen molar-refractivity contribution < 1.29 is 12.8 Å². The monoisotopic (exact) mass is 294 g/mol. The van der Waals surface area contributed by atoms with E-state index in [1.807, 2.05) is 6.07 Å². The van der Waals surface area contributed by atoms with Gasteiger partial charge in [0.2, 0.25) is 0 Å². The summed E-state index contributed by atoms with van der Waals surface area (Å²) in [5.41, 5.74) is 7.67. The lowest BCUT2D eigenvalue weighted by atomic mass is 10.1. The van der Waals surface area contributed by atoms with Gasteiger partial charge in [0.05, 0.1) is 11.4 Å². The average Bonchev–Trinajstić information content (AvgIpc) is 2.37. The Labute approximate surface area is 117 Å². The maximum atomic E-state index is 13.2. The van der Waals surface area contributed by atoms with E-state index in [9.17, 15) is 12.8 Å². The minimum atomic E-state index is -3.93. The lowest BCUT2D eigenvalue weighted by Gasteiger charge is -2.14. The van der Waals surface area contributed by atoms with Gasteiger partial charge in [-0.15, -0.1) is 0 Å². The molecule has 3 N–H and O–H groups in total. The molecule has 0 fully saturated rings. The summed E-state index contributed by atoms with van der Waals surface area (Å²) < 4.78 is 40.3. The van der Waals surface area contributed by atoms with E-state index in [-0.39, 0.29) is 10.6 Å². The molecule has 6 heteroatoms. The summed E-state index contributed by atoms with van der Waals surface area (Å²) in [7, 11) is -3.93. The SMILES string of the molecule is Cc1cccc(C)c1NS(=O)(=O)c1cc(F)ccc1N. The summed E-state index contributed by atoms with van der Waals surface area (Å²) in [6, 6.07) is 8.67. The number of nitrogens with two attached hydrogens (primary N) is 1. The molecule has 0 amide bonds. The second-order valence-corrected chi connectivity index (χ2v) is 6.21. The molecule has 20 heavy (non-hydrogen) atoms. The van der Waals surface area contributed by atoms with Gasteiger partial charge in [-0.2, -0.15) is 0 Å². The first-order valence-electron chi connectivity index (χ1n) is 5.95. The molecular weight excluding hydrogens is 279 g/mol. The topological polar surface area (TPSA) is 72.2 Å². The maximum Gasteiger partial charge on any atom is 0.264 e. The number of benzene rings is 2. The van der Waals surface area contributed by atoms with Crippen molar-refractivity contribution >= 4 is 21.4 Å². The van der Waals surface area contributed by atoms with E-state index >= 15 is 0 Å². The van der Waals surface area contributed by atoms with Gasteiger partial charge in [-0.25, -0.2) is 12.8 Å². The number of hydrogen-bond donors (Lipinski definition) is 2. The van der Waals surface area contributed by atoms with Gasteiger partial charge in [-0.05, 0) is 43.2 Å². The van der Waals surface area contributed by atoms with E-state index in [1.165, 1.54) is 6.07 Å². The fourth-order valence-corrected chi connectivity index (χ4v) is 3.25. The third-order valence-electron chi connectivity index (χ3n) is 2.98. The molecule has 106 valence electrons. The van der Waals surface area contributed by atoms with Gasteiger partial charge in [0, 0.05) is 0 Å². The number of para-hydroxylation sites is 1. The van der Waals surface area contributed by atoms with E-state index in [4.69, 9.17) is 5.73 Å². The zero-order valence-electron chi connectivity index (χ0n) is 11.1. The minimum absolute atomic E-state index is 0.00476.